The molecule has 3 rings (SSSR count). The molecule has 2 nitrogen and oxygen atoms in total. The summed E-state index contributed by atoms with van der Waals surface area (Å²) in [6, 6.07) is 0.215. The maximum atomic E-state index is 13.2. The van der Waals surface area contributed by atoms with Crippen molar-refractivity contribution < 1.29 is 9.13 Å². The van der Waals surface area contributed by atoms with E-state index in [1.165, 1.54) is 31.8 Å². The summed E-state index contributed by atoms with van der Waals surface area (Å²) < 4.78 is 19.2. The minimum atomic E-state index is -0.158. The molecular weight excluding hydrogens is 361 g/mol. The Bertz CT molecular complexity index is 714. The van der Waals surface area contributed by atoms with E-state index in [-0.39, 0.29) is 23.9 Å². The van der Waals surface area contributed by atoms with E-state index < -0.39 is 0 Å². The number of ether oxygens (including phenoxy) is 1. The van der Waals surface area contributed by atoms with Crippen LogP contribution in [0.5, 0.6) is 0 Å². The van der Waals surface area contributed by atoms with Gasteiger partial charge >= 0.3 is 0 Å². The average Bonchev–Trinajstić information content (AvgIpc) is 3.09. The molecule has 0 spiro atoms. The summed E-state index contributed by atoms with van der Waals surface area (Å²) in [6.45, 7) is 6.45. The number of halogens is 1. The Morgan fingerprint density at radius 2 is 2.00 bits per heavy atom. The van der Waals surface area contributed by atoms with Crippen LogP contribution >= 0.6 is 0 Å². The van der Waals surface area contributed by atoms with Crippen molar-refractivity contribution in [2.75, 3.05) is 0 Å². The van der Waals surface area contributed by atoms with Crippen LogP contribution < -0.4 is 0 Å². The van der Waals surface area contributed by atoms with Crippen molar-refractivity contribution in [1.29, 1.82) is 0 Å². The van der Waals surface area contributed by atoms with Crippen LogP contribution in [0, 0.1) is 23.7 Å². The van der Waals surface area contributed by atoms with Crippen molar-refractivity contribution in [2.45, 2.75) is 71.4 Å². The molecule has 0 bridgehead atoms. The van der Waals surface area contributed by atoms with E-state index >= 15 is 0 Å². The first kappa shape index (κ1) is 21.8. The zero-order valence-electron chi connectivity index (χ0n) is 18.1. The van der Waals surface area contributed by atoms with Crippen molar-refractivity contribution in [3.8, 4) is 0 Å². The minimum Gasteiger partial charge on any atom is -0.475 e. The summed E-state index contributed by atoms with van der Waals surface area (Å²) in [5, 5.41) is 0. The van der Waals surface area contributed by atoms with Crippen LogP contribution in [0.3, 0.4) is 0 Å². The van der Waals surface area contributed by atoms with Gasteiger partial charge in [0.25, 0.3) is 0 Å². The van der Waals surface area contributed by atoms with Gasteiger partial charge in [-0.15, -0.1) is 0 Å². The zero-order valence-corrected chi connectivity index (χ0v) is 18.1. The van der Waals surface area contributed by atoms with E-state index in [0.29, 0.717) is 24.2 Å². The second-order valence-corrected chi connectivity index (χ2v) is 8.68. The second-order valence-electron chi connectivity index (χ2n) is 8.68. The molecule has 6 atom stereocenters. The molecule has 0 fully saturated rings. The van der Waals surface area contributed by atoms with Gasteiger partial charge in [-0.1, -0.05) is 49.5 Å². The van der Waals surface area contributed by atoms with E-state index in [4.69, 9.17) is 9.73 Å². The summed E-state index contributed by atoms with van der Waals surface area (Å²) in [5.41, 5.74) is 0. The lowest BCUT2D eigenvalue weighted by Gasteiger charge is -2.26. The molecule has 6 unspecified atom stereocenters. The van der Waals surface area contributed by atoms with Crippen LogP contribution in [0.4, 0.5) is 4.39 Å². The van der Waals surface area contributed by atoms with Gasteiger partial charge in [0.2, 0.25) is 0 Å². The molecule has 0 amide bonds. The van der Waals surface area contributed by atoms with Gasteiger partial charge in [0.05, 0.1) is 12.0 Å². The number of hydrogen-bond donors (Lipinski definition) is 0. The van der Waals surface area contributed by atoms with Crippen molar-refractivity contribution in [3.63, 3.8) is 0 Å². The largest absolute Gasteiger partial charge is 0.475 e. The Balaban J connectivity index is 1.50. The lowest BCUT2D eigenvalue weighted by molar-refractivity contribution is 0.191. The topological polar surface area (TPSA) is 21.6 Å². The van der Waals surface area contributed by atoms with E-state index in [1.54, 1.807) is 6.08 Å². The average molecular weight is 398 g/mol. The van der Waals surface area contributed by atoms with Crippen molar-refractivity contribution >= 4 is 5.90 Å². The monoisotopic (exact) mass is 397 g/mol. The number of nitrogens with zero attached hydrogens (tertiary/aromatic N) is 1. The van der Waals surface area contributed by atoms with Crippen LogP contribution in [0.1, 0.15) is 59.3 Å². The van der Waals surface area contributed by atoms with E-state index in [0.717, 1.165) is 12.3 Å². The van der Waals surface area contributed by atoms with Gasteiger partial charge in [-0.3, -0.25) is 0 Å². The summed E-state index contributed by atoms with van der Waals surface area (Å²) >= 11 is 0. The fourth-order valence-corrected chi connectivity index (χ4v) is 4.51. The maximum Gasteiger partial charge on any atom is 0.191 e. The lowest BCUT2D eigenvalue weighted by atomic mass is 9.80. The van der Waals surface area contributed by atoms with Crippen LogP contribution in [-0.2, 0) is 4.74 Å². The van der Waals surface area contributed by atoms with E-state index in [2.05, 4.69) is 57.2 Å². The third-order valence-electron chi connectivity index (χ3n) is 6.44. The first-order valence-electron chi connectivity index (χ1n) is 11.3. The summed E-state index contributed by atoms with van der Waals surface area (Å²) in [6.07, 6.45) is 25.4. The van der Waals surface area contributed by atoms with Crippen molar-refractivity contribution in [3.05, 3.63) is 60.5 Å². The van der Waals surface area contributed by atoms with Crippen LogP contribution in [0.25, 0.3) is 0 Å². The van der Waals surface area contributed by atoms with Gasteiger partial charge in [0, 0.05) is 0 Å². The highest BCUT2D eigenvalue weighted by atomic mass is 19.1. The molecule has 1 aliphatic heterocycles. The van der Waals surface area contributed by atoms with Crippen LogP contribution in [0.2, 0.25) is 0 Å². The van der Waals surface area contributed by atoms with Gasteiger partial charge in [-0.05, 0) is 82.3 Å². The Labute approximate surface area is 176 Å². The molecular formula is C26H36FNO. The molecule has 3 heteroatoms. The molecule has 0 N–H and O–H groups in total. The minimum absolute atomic E-state index is 0.0924. The molecule has 2 aliphatic carbocycles. The summed E-state index contributed by atoms with van der Waals surface area (Å²) in [4.78, 5) is 4.88. The first-order valence-corrected chi connectivity index (χ1v) is 11.3. The Morgan fingerprint density at radius 1 is 1.21 bits per heavy atom. The van der Waals surface area contributed by atoms with Crippen molar-refractivity contribution in [1.82, 2.24) is 0 Å². The molecule has 0 aromatic carbocycles. The normalized spacial score (nSPS) is 33.2. The number of rotatable bonds is 8. The fraction of sp³-hybridized carbons (Fsp3) is 0.577. The standard InChI is InChI=1S/C26H36FNO/c1-4-6-7-8-20(5-2)17-21-9-11-22(12-10-21)18-25-19(3)29-26(28-25)23-13-15-24(27)16-14-23/h4,6-9,11,13,15-16,19-23,25H,5,10,12,14,17-18H2,1-3H3/b6-4-,8-7-. The van der Waals surface area contributed by atoms with Crippen molar-refractivity contribution in [2.24, 2.45) is 28.7 Å². The third kappa shape index (κ3) is 6.29. The highest BCUT2D eigenvalue weighted by molar-refractivity contribution is 5.82. The van der Waals surface area contributed by atoms with Gasteiger partial charge in [-0.2, -0.15) is 0 Å². The predicted molar refractivity (Wildman–Crippen MR) is 121 cm³/mol. The number of allylic oxidation sites excluding steroid dienone is 9. The smallest absolute Gasteiger partial charge is 0.191 e. The molecule has 0 aromatic rings. The van der Waals surface area contributed by atoms with Crippen LogP contribution in [-0.4, -0.2) is 18.0 Å². The molecule has 0 saturated heterocycles. The third-order valence-corrected chi connectivity index (χ3v) is 6.44. The Kier molecular flexibility index (Phi) is 8.09. The molecule has 158 valence electrons. The number of hydrogen-bond acceptors (Lipinski definition) is 2. The van der Waals surface area contributed by atoms with Gasteiger partial charge < -0.3 is 4.74 Å². The number of aliphatic imine (C=N–C) groups is 1. The van der Waals surface area contributed by atoms with E-state index in [9.17, 15) is 4.39 Å². The summed E-state index contributed by atoms with van der Waals surface area (Å²) in [7, 11) is 0. The maximum absolute atomic E-state index is 13.2. The zero-order chi connectivity index (χ0) is 20.6. The highest BCUT2D eigenvalue weighted by Crippen LogP contribution is 2.34. The Hall–Kier alpha value is -1.90. The molecule has 1 heterocycles. The quantitative estimate of drug-likeness (QED) is 0.315. The van der Waals surface area contributed by atoms with Gasteiger partial charge in [-0.25, -0.2) is 9.38 Å². The highest BCUT2D eigenvalue weighted by Gasteiger charge is 2.33. The van der Waals surface area contributed by atoms with Gasteiger partial charge in [0.15, 0.2) is 5.90 Å². The first-order chi connectivity index (χ1) is 14.1. The summed E-state index contributed by atoms with van der Waals surface area (Å²) in [5.74, 6) is 2.66. The predicted octanol–water partition coefficient (Wildman–Crippen LogP) is 7.12. The molecule has 3 aliphatic rings. The van der Waals surface area contributed by atoms with Crippen LogP contribution in [0.15, 0.2) is 65.5 Å². The SMILES string of the molecule is C/C=C\C=C/C(CC)CC1C=CC(CC2N=C(C3C=CC(F)=CC3)OC2C)CC1. The van der Waals surface area contributed by atoms with E-state index in [1.807, 2.05) is 6.08 Å². The molecule has 0 aromatic heterocycles. The molecule has 29 heavy (non-hydrogen) atoms. The fourth-order valence-electron chi connectivity index (χ4n) is 4.51. The molecule has 0 radical (unpaired) electrons. The lowest BCUT2D eigenvalue weighted by Crippen LogP contribution is -2.23. The second kappa shape index (κ2) is 10.8. The van der Waals surface area contributed by atoms with Gasteiger partial charge in [0.1, 0.15) is 11.9 Å². The Morgan fingerprint density at radius 3 is 2.66 bits per heavy atom. The molecule has 0 saturated carbocycles.